The van der Waals surface area contributed by atoms with Crippen molar-refractivity contribution in [2.45, 2.75) is 38.5 Å². The number of fused-ring (bicyclic) bond motifs is 2. The van der Waals surface area contributed by atoms with E-state index in [4.69, 9.17) is 4.74 Å². The molecule has 7 nitrogen and oxygen atoms in total. The van der Waals surface area contributed by atoms with Gasteiger partial charge in [-0.2, -0.15) is 0 Å². The summed E-state index contributed by atoms with van der Waals surface area (Å²) in [4.78, 5) is 29.8. The fourth-order valence-electron chi connectivity index (χ4n) is 6.23. The highest BCUT2D eigenvalue weighted by atomic mass is 16.5. The van der Waals surface area contributed by atoms with Crippen molar-refractivity contribution >= 4 is 22.6 Å². The predicted octanol–water partition coefficient (Wildman–Crippen LogP) is 1.56. The van der Waals surface area contributed by atoms with E-state index in [0.29, 0.717) is 18.7 Å². The highest BCUT2D eigenvalue weighted by Crippen LogP contribution is 2.48. The van der Waals surface area contributed by atoms with E-state index in [1.807, 2.05) is 27.8 Å². The Balaban J connectivity index is 1.45. The van der Waals surface area contributed by atoms with Crippen molar-refractivity contribution in [3.63, 3.8) is 0 Å². The largest absolute Gasteiger partial charge is 0.396 e. The number of benzene rings is 1. The van der Waals surface area contributed by atoms with Gasteiger partial charge in [0.2, 0.25) is 5.91 Å². The number of morpholine rings is 1. The van der Waals surface area contributed by atoms with Crippen LogP contribution in [0.1, 0.15) is 29.8 Å². The molecule has 1 spiro atoms. The standard InChI is InChI=1S/C24H31N3O4/c1-4-16-6-5-7-17-18(15(2)29)8-26(23(16)17)11-22(30)27-10-21-19(12-28)20-9-25(3)13-24(20,14-27)31-21/h5-8,19-21,28H,4,9-14H2,1-3H3/t19-,20+,21+,24-/m0/s1. The van der Waals surface area contributed by atoms with Gasteiger partial charge in [0.05, 0.1) is 18.2 Å². The van der Waals surface area contributed by atoms with Crippen LogP contribution < -0.4 is 0 Å². The number of ether oxygens (including phenoxy) is 1. The van der Waals surface area contributed by atoms with E-state index in [-0.39, 0.29) is 48.4 Å². The average Bonchev–Trinajstić information content (AvgIpc) is 3.32. The molecule has 2 aromatic rings. The summed E-state index contributed by atoms with van der Waals surface area (Å²) >= 11 is 0. The van der Waals surface area contributed by atoms with Gasteiger partial charge in [-0.25, -0.2) is 0 Å². The van der Waals surface area contributed by atoms with Crippen LogP contribution in [0, 0.1) is 11.8 Å². The molecule has 5 rings (SSSR count). The number of aliphatic hydroxyl groups excluding tert-OH is 1. The molecule has 7 heteroatoms. The number of aryl methyl sites for hydroxylation is 1. The molecule has 0 saturated carbocycles. The van der Waals surface area contributed by atoms with Crippen LogP contribution in [-0.2, 0) is 22.5 Å². The van der Waals surface area contributed by atoms with E-state index in [0.717, 1.165) is 36.0 Å². The molecule has 0 unspecified atom stereocenters. The molecular weight excluding hydrogens is 394 g/mol. The van der Waals surface area contributed by atoms with Crippen molar-refractivity contribution in [1.29, 1.82) is 0 Å². The lowest BCUT2D eigenvalue weighted by Gasteiger charge is -2.40. The molecule has 4 heterocycles. The highest BCUT2D eigenvalue weighted by Gasteiger charge is 2.62. The quantitative estimate of drug-likeness (QED) is 0.736. The van der Waals surface area contributed by atoms with Crippen LogP contribution in [-0.4, -0.2) is 82.7 Å². The number of likely N-dealkylation sites (tertiary alicyclic amines) is 2. The maximum atomic E-state index is 13.5. The number of aromatic nitrogens is 1. The van der Waals surface area contributed by atoms with Gasteiger partial charge in [-0.05, 0) is 26.0 Å². The molecule has 3 aliphatic heterocycles. The summed E-state index contributed by atoms with van der Waals surface area (Å²) in [7, 11) is 2.07. The van der Waals surface area contributed by atoms with Crippen LogP contribution in [0.3, 0.4) is 0 Å². The van der Waals surface area contributed by atoms with E-state index in [1.54, 1.807) is 6.92 Å². The van der Waals surface area contributed by atoms with Crippen molar-refractivity contribution in [3.05, 3.63) is 35.5 Å². The molecule has 31 heavy (non-hydrogen) atoms. The Labute approximate surface area is 182 Å². The number of hydrogen-bond acceptors (Lipinski definition) is 5. The maximum absolute atomic E-state index is 13.5. The predicted molar refractivity (Wildman–Crippen MR) is 117 cm³/mol. The molecule has 0 radical (unpaired) electrons. The van der Waals surface area contributed by atoms with Gasteiger partial charge in [0.15, 0.2) is 5.78 Å². The molecular formula is C24H31N3O4. The Hall–Kier alpha value is -2.22. The number of ketones is 1. The number of para-hydroxylation sites is 1. The molecule has 1 N–H and O–H groups in total. The molecule has 4 atom stereocenters. The van der Waals surface area contributed by atoms with Gasteiger partial charge in [-0.15, -0.1) is 0 Å². The fourth-order valence-corrected chi connectivity index (χ4v) is 6.23. The van der Waals surface area contributed by atoms with E-state index in [2.05, 4.69) is 24.9 Å². The minimum Gasteiger partial charge on any atom is -0.396 e. The third-order valence-corrected chi connectivity index (χ3v) is 7.57. The monoisotopic (exact) mass is 425 g/mol. The zero-order chi connectivity index (χ0) is 21.9. The van der Waals surface area contributed by atoms with Gasteiger partial charge in [0, 0.05) is 55.2 Å². The Morgan fingerprint density at radius 2 is 2.06 bits per heavy atom. The number of likely N-dealkylation sites (N-methyl/N-ethyl adjacent to an activating group) is 1. The molecule has 2 bridgehead atoms. The van der Waals surface area contributed by atoms with Gasteiger partial charge in [-0.3, -0.25) is 9.59 Å². The van der Waals surface area contributed by atoms with E-state index >= 15 is 0 Å². The van der Waals surface area contributed by atoms with Gasteiger partial charge < -0.3 is 24.2 Å². The second-order valence-electron chi connectivity index (χ2n) is 9.54. The second kappa shape index (κ2) is 7.43. The first-order valence-electron chi connectivity index (χ1n) is 11.2. The lowest BCUT2D eigenvalue weighted by atomic mass is 9.83. The number of rotatable bonds is 5. The van der Waals surface area contributed by atoms with Crippen molar-refractivity contribution in [2.24, 2.45) is 11.8 Å². The van der Waals surface area contributed by atoms with Crippen LogP contribution in [0.25, 0.3) is 10.9 Å². The highest BCUT2D eigenvalue weighted by molar-refractivity contribution is 6.07. The number of amides is 1. The van der Waals surface area contributed by atoms with Crippen LogP contribution in [0.2, 0.25) is 0 Å². The van der Waals surface area contributed by atoms with E-state index in [9.17, 15) is 14.7 Å². The smallest absolute Gasteiger partial charge is 0.242 e. The van der Waals surface area contributed by atoms with Gasteiger partial charge in [0.25, 0.3) is 0 Å². The van der Waals surface area contributed by atoms with Crippen LogP contribution in [0.5, 0.6) is 0 Å². The Morgan fingerprint density at radius 3 is 2.77 bits per heavy atom. The number of Topliss-reactive ketones (excluding diaryl/α,β-unsaturated/α-hetero) is 1. The molecule has 1 aromatic carbocycles. The molecule has 3 aliphatic rings. The molecule has 3 fully saturated rings. The molecule has 166 valence electrons. The Kier molecular flexibility index (Phi) is 4.95. The van der Waals surface area contributed by atoms with Gasteiger partial charge in [-0.1, -0.05) is 25.1 Å². The third kappa shape index (κ3) is 3.13. The molecule has 0 aliphatic carbocycles. The minimum atomic E-state index is -0.376. The Bertz CT molecular complexity index is 1050. The lowest BCUT2D eigenvalue weighted by Crippen LogP contribution is -2.56. The first-order valence-corrected chi connectivity index (χ1v) is 11.2. The lowest BCUT2D eigenvalue weighted by molar-refractivity contribution is -0.153. The average molecular weight is 426 g/mol. The van der Waals surface area contributed by atoms with E-state index in [1.165, 1.54) is 0 Å². The number of hydrogen-bond donors (Lipinski definition) is 1. The van der Waals surface area contributed by atoms with Gasteiger partial charge in [0.1, 0.15) is 12.1 Å². The van der Waals surface area contributed by atoms with Crippen molar-refractivity contribution < 1.29 is 19.4 Å². The topological polar surface area (TPSA) is 75.0 Å². The maximum Gasteiger partial charge on any atom is 0.242 e. The Morgan fingerprint density at radius 1 is 1.26 bits per heavy atom. The van der Waals surface area contributed by atoms with E-state index < -0.39 is 0 Å². The number of aliphatic hydroxyl groups is 1. The van der Waals surface area contributed by atoms with Crippen molar-refractivity contribution in [2.75, 3.05) is 39.8 Å². The van der Waals surface area contributed by atoms with Gasteiger partial charge >= 0.3 is 0 Å². The summed E-state index contributed by atoms with van der Waals surface area (Å²) in [6.07, 6.45) is 2.56. The minimum absolute atomic E-state index is 0.00961. The van der Waals surface area contributed by atoms with Crippen LogP contribution in [0.4, 0.5) is 0 Å². The molecule has 3 saturated heterocycles. The zero-order valence-electron chi connectivity index (χ0n) is 18.5. The normalized spacial score (nSPS) is 30.2. The molecule has 1 amide bonds. The summed E-state index contributed by atoms with van der Waals surface area (Å²) in [5.41, 5.74) is 2.40. The SMILES string of the molecule is CCc1cccc2c(C(C)=O)cn(CC(=O)N3C[C@H]4O[C@@]5(CN(C)C[C@@H]5[C@@H]4CO)C3)c12. The second-order valence-corrected chi connectivity index (χ2v) is 9.54. The fraction of sp³-hybridized carbons (Fsp3) is 0.583. The molecule has 1 aromatic heterocycles. The van der Waals surface area contributed by atoms with Crippen LogP contribution >= 0.6 is 0 Å². The summed E-state index contributed by atoms with van der Waals surface area (Å²) in [6.45, 7) is 6.73. The first-order chi connectivity index (χ1) is 14.9. The zero-order valence-corrected chi connectivity index (χ0v) is 18.5. The summed E-state index contributed by atoms with van der Waals surface area (Å²) in [5.74, 6) is 0.382. The third-order valence-electron chi connectivity index (χ3n) is 7.57. The summed E-state index contributed by atoms with van der Waals surface area (Å²) < 4.78 is 8.36. The van der Waals surface area contributed by atoms with Crippen molar-refractivity contribution in [1.82, 2.24) is 14.4 Å². The van der Waals surface area contributed by atoms with Crippen molar-refractivity contribution in [3.8, 4) is 0 Å². The number of nitrogens with zero attached hydrogens (tertiary/aromatic N) is 3. The number of carbonyl (C=O) groups excluding carboxylic acids is 2. The summed E-state index contributed by atoms with van der Waals surface area (Å²) in [5, 5.41) is 10.9. The summed E-state index contributed by atoms with van der Waals surface area (Å²) in [6, 6.07) is 6.00. The number of carbonyl (C=O) groups is 2. The first kappa shape index (κ1) is 20.7. The van der Waals surface area contributed by atoms with Crippen LogP contribution in [0.15, 0.2) is 24.4 Å².